The summed E-state index contributed by atoms with van der Waals surface area (Å²) in [4.78, 5) is 27.6. The molecule has 38 heavy (non-hydrogen) atoms. The molecular weight excluding hydrogens is 504 g/mol. The summed E-state index contributed by atoms with van der Waals surface area (Å²) >= 11 is 0. The van der Waals surface area contributed by atoms with E-state index >= 15 is 0 Å². The van der Waals surface area contributed by atoms with Crippen molar-refractivity contribution in [1.29, 1.82) is 0 Å². The van der Waals surface area contributed by atoms with Crippen LogP contribution in [0.3, 0.4) is 0 Å². The number of nitrogens with zero attached hydrogens (tertiary/aromatic N) is 2. The lowest BCUT2D eigenvalue weighted by Crippen LogP contribution is -2.50. The van der Waals surface area contributed by atoms with Crippen LogP contribution in [0.5, 0.6) is 5.75 Å². The van der Waals surface area contributed by atoms with Crippen LogP contribution >= 0.6 is 0 Å². The summed E-state index contributed by atoms with van der Waals surface area (Å²) in [6.07, 6.45) is 2.36. The molecule has 3 aliphatic rings. The molecule has 2 N–H and O–H groups in total. The highest BCUT2D eigenvalue weighted by atomic mass is 32.2. The van der Waals surface area contributed by atoms with E-state index in [1.165, 1.54) is 15.9 Å². The Kier molecular flexibility index (Phi) is 7.74. The van der Waals surface area contributed by atoms with Gasteiger partial charge < -0.3 is 15.4 Å². The Hall–Kier alpha value is -2.95. The normalized spacial score (nSPS) is 23.3. The number of likely N-dealkylation sites (tertiary alicyclic amines) is 1. The highest BCUT2D eigenvalue weighted by molar-refractivity contribution is 7.89. The smallest absolute Gasteiger partial charge is 0.265 e. The van der Waals surface area contributed by atoms with Crippen LogP contribution in [0.15, 0.2) is 47.4 Å². The predicted octanol–water partition coefficient (Wildman–Crippen LogP) is 2.90. The van der Waals surface area contributed by atoms with Crippen molar-refractivity contribution in [2.75, 3.05) is 31.5 Å². The first-order valence-corrected chi connectivity index (χ1v) is 14.8. The second-order valence-electron chi connectivity index (χ2n) is 10.6. The molecule has 2 fully saturated rings. The van der Waals surface area contributed by atoms with Crippen molar-refractivity contribution in [3.05, 3.63) is 53.6 Å². The number of sulfonamides is 1. The molecule has 10 heteroatoms. The number of nitrogens with one attached hydrogen (secondary N) is 2. The van der Waals surface area contributed by atoms with Crippen LogP contribution in [0.2, 0.25) is 0 Å². The van der Waals surface area contributed by atoms with Crippen molar-refractivity contribution in [2.24, 2.45) is 5.92 Å². The Labute approximate surface area is 224 Å². The molecule has 2 saturated heterocycles. The average molecular weight is 541 g/mol. The Bertz CT molecular complexity index is 1290. The number of amides is 2. The highest BCUT2D eigenvalue weighted by Crippen LogP contribution is 2.36. The Morgan fingerprint density at radius 2 is 1.84 bits per heavy atom. The summed E-state index contributed by atoms with van der Waals surface area (Å²) in [6.45, 7) is 6.60. The second-order valence-corrected chi connectivity index (χ2v) is 12.5. The molecule has 0 unspecified atom stereocenters. The van der Waals surface area contributed by atoms with Crippen LogP contribution in [0.4, 0.5) is 5.69 Å². The van der Waals surface area contributed by atoms with E-state index in [2.05, 4.69) is 39.8 Å². The third kappa shape index (κ3) is 5.72. The molecule has 0 bridgehead atoms. The number of carbonyl (C=O) groups excluding carboxylic acids is 2. The molecule has 0 spiro atoms. The second kappa shape index (κ2) is 11.0. The Morgan fingerprint density at radius 1 is 1.11 bits per heavy atom. The van der Waals surface area contributed by atoms with Crippen molar-refractivity contribution < 1.29 is 22.7 Å². The van der Waals surface area contributed by atoms with Crippen molar-refractivity contribution >= 4 is 27.5 Å². The van der Waals surface area contributed by atoms with Crippen molar-refractivity contribution in [3.63, 3.8) is 0 Å². The van der Waals surface area contributed by atoms with Gasteiger partial charge in [-0.15, -0.1) is 0 Å². The number of hydrogen-bond acceptors (Lipinski definition) is 6. The van der Waals surface area contributed by atoms with Crippen LogP contribution < -0.4 is 15.4 Å². The molecule has 2 atom stereocenters. The molecule has 3 heterocycles. The number of fused-ring (bicyclic) bond motifs is 1. The maximum atomic E-state index is 13.6. The van der Waals surface area contributed by atoms with Gasteiger partial charge in [0.1, 0.15) is 5.75 Å². The summed E-state index contributed by atoms with van der Waals surface area (Å²) in [7, 11) is -3.84. The van der Waals surface area contributed by atoms with Gasteiger partial charge in [-0.05, 0) is 56.7 Å². The lowest BCUT2D eigenvalue weighted by molar-refractivity contribution is -0.127. The maximum Gasteiger partial charge on any atom is 0.265 e. The fourth-order valence-corrected chi connectivity index (χ4v) is 7.28. The van der Waals surface area contributed by atoms with Gasteiger partial charge in [0.05, 0.1) is 16.5 Å². The lowest BCUT2D eigenvalue weighted by atomic mass is 9.97. The first-order valence-electron chi connectivity index (χ1n) is 13.4. The zero-order chi connectivity index (χ0) is 26.9. The van der Waals surface area contributed by atoms with Crippen LogP contribution in [0.25, 0.3) is 0 Å². The zero-order valence-electron chi connectivity index (χ0n) is 22.0. The minimum Gasteiger partial charge on any atom is -0.479 e. The maximum absolute atomic E-state index is 13.6. The molecule has 3 aliphatic heterocycles. The largest absolute Gasteiger partial charge is 0.479 e. The van der Waals surface area contributed by atoms with Gasteiger partial charge in [-0.1, -0.05) is 30.3 Å². The number of aryl methyl sites for hydroxylation is 1. The highest BCUT2D eigenvalue weighted by Gasteiger charge is 2.36. The standard InChI is InChI=1S/C28H36N4O5S/c1-19-15-24-25(37-20(2)27(33)30-24)16-26(19)38(35,36)32-12-6-9-22(18-32)28(34)29-23-10-13-31(14-11-23)17-21-7-4-3-5-8-21/h3-5,7-8,15-16,20,22-23H,6,9-14,17-18H2,1-2H3,(H,29,34)(H,30,33)/t20-,22-/m1/s1. The van der Waals surface area contributed by atoms with Gasteiger partial charge in [0, 0.05) is 44.8 Å². The Balaban J connectivity index is 1.19. The van der Waals surface area contributed by atoms with Crippen LogP contribution in [0, 0.1) is 12.8 Å². The fraction of sp³-hybridized carbons (Fsp3) is 0.500. The molecule has 9 nitrogen and oxygen atoms in total. The number of ether oxygens (including phenoxy) is 1. The summed E-state index contributed by atoms with van der Waals surface area (Å²) in [5, 5.41) is 5.95. The van der Waals surface area contributed by atoms with Gasteiger partial charge in [-0.2, -0.15) is 4.31 Å². The van der Waals surface area contributed by atoms with Gasteiger partial charge in [-0.3, -0.25) is 14.5 Å². The van der Waals surface area contributed by atoms with E-state index in [0.717, 1.165) is 32.5 Å². The first-order chi connectivity index (χ1) is 18.2. The monoisotopic (exact) mass is 540 g/mol. The number of benzene rings is 2. The summed E-state index contributed by atoms with van der Waals surface area (Å²) in [5.74, 6) is -0.367. The van der Waals surface area contributed by atoms with Gasteiger partial charge in [0.2, 0.25) is 15.9 Å². The van der Waals surface area contributed by atoms with Gasteiger partial charge in [0.15, 0.2) is 6.10 Å². The van der Waals surface area contributed by atoms with E-state index in [-0.39, 0.29) is 35.2 Å². The predicted molar refractivity (Wildman–Crippen MR) is 144 cm³/mol. The number of carbonyl (C=O) groups is 2. The molecule has 0 aliphatic carbocycles. The quantitative estimate of drug-likeness (QED) is 0.584. The van der Waals surface area contributed by atoms with Crippen LogP contribution in [0.1, 0.15) is 43.7 Å². The third-order valence-electron chi connectivity index (χ3n) is 7.76. The molecule has 0 radical (unpaired) electrons. The van der Waals surface area contributed by atoms with Gasteiger partial charge >= 0.3 is 0 Å². The van der Waals surface area contributed by atoms with E-state index in [4.69, 9.17) is 4.74 Å². The van der Waals surface area contributed by atoms with E-state index in [9.17, 15) is 18.0 Å². The molecule has 5 rings (SSSR count). The zero-order valence-corrected chi connectivity index (χ0v) is 22.8. The lowest BCUT2D eigenvalue weighted by Gasteiger charge is -2.35. The minimum atomic E-state index is -3.84. The molecule has 0 saturated carbocycles. The van der Waals surface area contributed by atoms with E-state index in [0.29, 0.717) is 36.4 Å². The third-order valence-corrected chi connectivity index (χ3v) is 9.77. The fourth-order valence-electron chi connectivity index (χ4n) is 5.53. The van der Waals surface area contributed by atoms with Crippen molar-refractivity contribution in [1.82, 2.24) is 14.5 Å². The summed E-state index contributed by atoms with van der Waals surface area (Å²) in [6, 6.07) is 13.6. The number of anilines is 1. The van der Waals surface area contributed by atoms with Crippen LogP contribution in [-0.2, 0) is 26.2 Å². The Morgan fingerprint density at radius 3 is 2.58 bits per heavy atom. The molecular formula is C28H36N4O5S. The molecule has 2 aromatic carbocycles. The average Bonchev–Trinajstić information content (AvgIpc) is 2.91. The minimum absolute atomic E-state index is 0.0616. The summed E-state index contributed by atoms with van der Waals surface area (Å²) < 4.78 is 34.3. The topological polar surface area (TPSA) is 108 Å². The summed E-state index contributed by atoms with van der Waals surface area (Å²) in [5.41, 5.74) is 2.28. The van der Waals surface area contributed by atoms with Gasteiger partial charge in [0.25, 0.3) is 5.91 Å². The van der Waals surface area contributed by atoms with Crippen molar-refractivity contribution in [2.45, 2.75) is 63.1 Å². The number of piperidine rings is 2. The SMILES string of the molecule is Cc1cc2c(cc1S(=O)(=O)N1CCC[C@@H](C(=O)NC3CCN(Cc4ccccc4)CC3)C1)O[C@H](C)C(=O)N2. The van der Waals surface area contributed by atoms with Crippen LogP contribution in [-0.4, -0.2) is 67.8 Å². The van der Waals surface area contributed by atoms with E-state index < -0.39 is 16.1 Å². The van der Waals surface area contributed by atoms with E-state index in [1.54, 1.807) is 19.9 Å². The first kappa shape index (κ1) is 26.6. The van der Waals surface area contributed by atoms with Crippen molar-refractivity contribution in [3.8, 4) is 5.75 Å². The molecule has 204 valence electrons. The molecule has 0 aromatic heterocycles. The van der Waals surface area contributed by atoms with E-state index in [1.807, 2.05) is 6.07 Å². The van der Waals surface area contributed by atoms with Gasteiger partial charge in [-0.25, -0.2) is 8.42 Å². The molecule has 2 amide bonds. The number of hydrogen-bond donors (Lipinski definition) is 2. The molecule has 2 aromatic rings. The number of rotatable bonds is 6.